The number of carbonyl (C=O) groups excluding carboxylic acids is 2. The first-order valence-electron chi connectivity index (χ1n) is 7.08. The lowest BCUT2D eigenvalue weighted by atomic mass is 9.77. The van der Waals surface area contributed by atoms with Crippen LogP contribution in [0.5, 0.6) is 0 Å². The summed E-state index contributed by atoms with van der Waals surface area (Å²) in [4.78, 5) is 27.1. The standard InChI is InChI=1S/C14H17F2N3O3/c1-9-5-10(22-17-9)11(20)19-7-13(6-14(15,16)8-19)3-4-18(2)12(13)21/h5H,3-4,6-8H2,1-2H3/t13-/m1/s1. The topological polar surface area (TPSA) is 66.7 Å². The number of amides is 2. The first kappa shape index (κ1) is 14.9. The van der Waals surface area contributed by atoms with Crippen molar-refractivity contribution in [3.05, 3.63) is 17.5 Å². The maximum Gasteiger partial charge on any atom is 0.292 e. The summed E-state index contributed by atoms with van der Waals surface area (Å²) in [5, 5.41) is 3.60. The third-order valence-electron chi connectivity index (χ3n) is 4.36. The van der Waals surface area contributed by atoms with Crippen molar-refractivity contribution in [3.8, 4) is 0 Å². The van der Waals surface area contributed by atoms with Crippen molar-refractivity contribution < 1.29 is 22.9 Å². The molecule has 1 aromatic rings. The van der Waals surface area contributed by atoms with Crippen LogP contribution in [0.4, 0.5) is 8.78 Å². The van der Waals surface area contributed by atoms with E-state index in [1.807, 2.05) is 0 Å². The van der Waals surface area contributed by atoms with Crippen molar-refractivity contribution in [1.82, 2.24) is 15.0 Å². The third-order valence-corrected chi connectivity index (χ3v) is 4.36. The zero-order valence-electron chi connectivity index (χ0n) is 12.4. The minimum Gasteiger partial charge on any atom is -0.351 e. The minimum absolute atomic E-state index is 0.00958. The average molecular weight is 313 g/mol. The molecule has 1 atom stereocenters. The summed E-state index contributed by atoms with van der Waals surface area (Å²) in [5.74, 6) is -4.15. The SMILES string of the molecule is Cc1cc(C(=O)N2CC(F)(F)C[C@]3(CCN(C)C3=O)C2)on1. The molecule has 1 spiro atoms. The number of carbonyl (C=O) groups is 2. The Morgan fingerprint density at radius 1 is 1.41 bits per heavy atom. The Morgan fingerprint density at radius 3 is 2.68 bits per heavy atom. The maximum absolute atomic E-state index is 14.1. The zero-order valence-corrected chi connectivity index (χ0v) is 12.4. The molecule has 0 N–H and O–H groups in total. The third kappa shape index (κ3) is 2.36. The molecule has 2 aliphatic heterocycles. The predicted octanol–water partition coefficient (Wildman–Crippen LogP) is 1.31. The van der Waals surface area contributed by atoms with E-state index in [1.165, 1.54) is 11.0 Å². The second kappa shape index (κ2) is 4.76. The van der Waals surface area contributed by atoms with E-state index in [4.69, 9.17) is 4.52 Å². The Hall–Kier alpha value is -1.99. The highest BCUT2D eigenvalue weighted by molar-refractivity contribution is 5.93. The molecule has 0 saturated carbocycles. The highest BCUT2D eigenvalue weighted by Crippen LogP contribution is 2.45. The Balaban J connectivity index is 1.89. The molecule has 3 rings (SSSR count). The summed E-state index contributed by atoms with van der Waals surface area (Å²) in [6.07, 6.45) is -0.181. The number of piperidine rings is 1. The molecular weight excluding hydrogens is 296 g/mol. The van der Waals surface area contributed by atoms with Crippen molar-refractivity contribution in [1.29, 1.82) is 0 Å². The van der Waals surface area contributed by atoms with Crippen LogP contribution in [0.25, 0.3) is 0 Å². The van der Waals surface area contributed by atoms with Gasteiger partial charge in [0.1, 0.15) is 0 Å². The van der Waals surface area contributed by atoms with Gasteiger partial charge in [0, 0.05) is 32.6 Å². The fraction of sp³-hybridized carbons (Fsp3) is 0.643. The molecule has 1 aromatic heterocycles. The quantitative estimate of drug-likeness (QED) is 0.784. The van der Waals surface area contributed by atoms with Gasteiger partial charge in [0.05, 0.1) is 17.7 Å². The average Bonchev–Trinajstić information content (AvgIpc) is 2.97. The van der Waals surface area contributed by atoms with Crippen LogP contribution in [-0.4, -0.2) is 59.4 Å². The van der Waals surface area contributed by atoms with Crippen LogP contribution in [0.1, 0.15) is 29.1 Å². The Labute approximate surface area is 126 Å². The molecule has 2 amide bonds. The molecular formula is C14H17F2N3O3. The van der Waals surface area contributed by atoms with Gasteiger partial charge in [-0.1, -0.05) is 5.16 Å². The van der Waals surface area contributed by atoms with Crippen LogP contribution in [0.2, 0.25) is 0 Å². The number of hydrogen-bond acceptors (Lipinski definition) is 4. The number of aromatic nitrogens is 1. The molecule has 6 nitrogen and oxygen atoms in total. The van der Waals surface area contributed by atoms with Gasteiger partial charge in [0.2, 0.25) is 11.7 Å². The smallest absolute Gasteiger partial charge is 0.292 e. The van der Waals surface area contributed by atoms with E-state index < -0.39 is 30.2 Å². The molecule has 0 unspecified atom stereocenters. The lowest BCUT2D eigenvalue weighted by molar-refractivity contribution is -0.150. The van der Waals surface area contributed by atoms with Crippen LogP contribution in [0, 0.1) is 12.3 Å². The monoisotopic (exact) mass is 313 g/mol. The fourth-order valence-corrected chi connectivity index (χ4v) is 3.38. The molecule has 0 bridgehead atoms. The summed E-state index contributed by atoms with van der Waals surface area (Å²) >= 11 is 0. The predicted molar refractivity (Wildman–Crippen MR) is 71.4 cm³/mol. The van der Waals surface area contributed by atoms with Gasteiger partial charge < -0.3 is 14.3 Å². The number of hydrogen-bond donors (Lipinski definition) is 0. The summed E-state index contributed by atoms with van der Waals surface area (Å²) in [6, 6.07) is 1.41. The number of rotatable bonds is 1. The van der Waals surface area contributed by atoms with E-state index in [-0.39, 0.29) is 18.2 Å². The largest absolute Gasteiger partial charge is 0.351 e. The first-order valence-corrected chi connectivity index (χ1v) is 7.08. The molecule has 2 aliphatic rings. The van der Waals surface area contributed by atoms with Gasteiger partial charge in [0.15, 0.2) is 0 Å². The van der Waals surface area contributed by atoms with Crippen LogP contribution in [0.15, 0.2) is 10.6 Å². The van der Waals surface area contributed by atoms with Gasteiger partial charge in [-0.05, 0) is 13.3 Å². The Kier molecular flexibility index (Phi) is 3.23. The molecule has 22 heavy (non-hydrogen) atoms. The van der Waals surface area contributed by atoms with Crippen molar-refractivity contribution in [2.24, 2.45) is 5.41 Å². The molecule has 0 aliphatic carbocycles. The summed E-state index contributed by atoms with van der Waals surface area (Å²) < 4.78 is 33.1. The lowest BCUT2D eigenvalue weighted by Crippen LogP contribution is -2.56. The number of aryl methyl sites for hydroxylation is 1. The molecule has 120 valence electrons. The molecule has 0 aromatic carbocycles. The van der Waals surface area contributed by atoms with Crippen molar-refractivity contribution in [2.45, 2.75) is 25.7 Å². The van der Waals surface area contributed by atoms with E-state index >= 15 is 0 Å². The van der Waals surface area contributed by atoms with E-state index in [0.717, 1.165) is 4.90 Å². The van der Waals surface area contributed by atoms with Gasteiger partial charge in [-0.25, -0.2) is 8.78 Å². The van der Waals surface area contributed by atoms with Crippen LogP contribution >= 0.6 is 0 Å². The highest BCUT2D eigenvalue weighted by atomic mass is 19.3. The highest BCUT2D eigenvalue weighted by Gasteiger charge is 2.57. The van der Waals surface area contributed by atoms with E-state index in [1.54, 1.807) is 14.0 Å². The maximum atomic E-state index is 14.1. The number of likely N-dealkylation sites (tertiary alicyclic amines) is 2. The number of nitrogens with zero attached hydrogens (tertiary/aromatic N) is 3. The van der Waals surface area contributed by atoms with E-state index in [9.17, 15) is 18.4 Å². The molecule has 8 heteroatoms. The van der Waals surface area contributed by atoms with Crippen LogP contribution in [0.3, 0.4) is 0 Å². The van der Waals surface area contributed by atoms with Gasteiger partial charge >= 0.3 is 0 Å². The first-order chi connectivity index (χ1) is 10.2. The number of halogens is 2. The molecule has 2 saturated heterocycles. The van der Waals surface area contributed by atoms with Crippen molar-refractivity contribution in [2.75, 3.05) is 26.7 Å². The molecule has 3 heterocycles. The van der Waals surface area contributed by atoms with Gasteiger partial charge in [-0.3, -0.25) is 9.59 Å². The normalized spacial score (nSPS) is 27.7. The molecule has 2 fully saturated rings. The zero-order chi connectivity index (χ0) is 16.1. The van der Waals surface area contributed by atoms with Gasteiger partial charge in [-0.2, -0.15) is 0 Å². The fourth-order valence-electron chi connectivity index (χ4n) is 3.38. The molecule has 0 radical (unpaired) electrons. The summed E-state index contributed by atoms with van der Waals surface area (Å²) in [6.45, 7) is 1.36. The minimum atomic E-state index is -3.09. The second-order valence-electron chi connectivity index (χ2n) is 6.28. The summed E-state index contributed by atoms with van der Waals surface area (Å²) in [5.41, 5.74) is -0.695. The Bertz CT molecular complexity index is 631. The summed E-state index contributed by atoms with van der Waals surface area (Å²) in [7, 11) is 1.59. The van der Waals surface area contributed by atoms with Gasteiger partial charge in [-0.15, -0.1) is 0 Å². The van der Waals surface area contributed by atoms with Gasteiger partial charge in [0.25, 0.3) is 11.8 Å². The number of alkyl halides is 2. The Morgan fingerprint density at radius 2 is 2.14 bits per heavy atom. The second-order valence-corrected chi connectivity index (χ2v) is 6.28. The van der Waals surface area contributed by atoms with Crippen LogP contribution in [-0.2, 0) is 4.79 Å². The van der Waals surface area contributed by atoms with Crippen LogP contribution < -0.4 is 0 Å². The lowest BCUT2D eigenvalue weighted by Gasteiger charge is -2.42. The van der Waals surface area contributed by atoms with E-state index in [2.05, 4.69) is 5.16 Å². The van der Waals surface area contributed by atoms with E-state index in [0.29, 0.717) is 18.7 Å². The van der Waals surface area contributed by atoms with Crippen molar-refractivity contribution in [3.63, 3.8) is 0 Å². The van der Waals surface area contributed by atoms with Crippen molar-refractivity contribution >= 4 is 11.8 Å².